The molecule has 0 saturated carbocycles. The first-order valence-electron chi connectivity index (χ1n) is 6.76. The molecule has 3 rings (SSSR count). The summed E-state index contributed by atoms with van der Waals surface area (Å²) in [5.74, 6) is 1.59. The third kappa shape index (κ3) is 3.91. The van der Waals surface area contributed by atoms with Crippen LogP contribution in [-0.4, -0.2) is 14.8 Å². The average molecular weight is 429 g/mol. The maximum atomic E-state index is 6.08. The van der Waals surface area contributed by atoms with E-state index in [1.165, 1.54) is 5.56 Å². The molecule has 0 aliphatic heterocycles. The Bertz CT molecular complexity index is 851. The fourth-order valence-electron chi connectivity index (χ4n) is 2.10. The quantitative estimate of drug-likeness (QED) is 0.488. The van der Waals surface area contributed by atoms with Crippen molar-refractivity contribution in [3.63, 3.8) is 0 Å². The molecule has 0 spiro atoms. The highest BCUT2D eigenvalue weighted by Crippen LogP contribution is 2.30. The van der Waals surface area contributed by atoms with Crippen LogP contribution in [0.2, 0.25) is 10.0 Å². The van der Waals surface area contributed by atoms with Gasteiger partial charge in [0.1, 0.15) is 0 Å². The van der Waals surface area contributed by atoms with Gasteiger partial charge in [0.15, 0.2) is 11.0 Å². The fraction of sp³-hybridized carbons (Fsp3) is 0.125. The van der Waals surface area contributed by atoms with Gasteiger partial charge in [0, 0.05) is 22.8 Å². The second-order valence-electron chi connectivity index (χ2n) is 4.91. The van der Waals surface area contributed by atoms with Crippen LogP contribution in [-0.2, 0) is 12.8 Å². The number of nitrogens with zero attached hydrogens (tertiary/aromatic N) is 3. The maximum absolute atomic E-state index is 6.08. The van der Waals surface area contributed by atoms with Crippen LogP contribution in [0.5, 0.6) is 0 Å². The van der Waals surface area contributed by atoms with Crippen LogP contribution in [0.4, 0.5) is 0 Å². The molecule has 118 valence electrons. The maximum Gasteiger partial charge on any atom is 0.191 e. The smallest absolute Gasteiger partial charge is 0.191 e. The normalized spacial score (nSPS) is 11.0. The van der Waals surface area contributed by atoms with E-state index in [2.05, 4.69) is 38.3 Å². The van der Waals surface area contributed by atoms with Crippen LogP contribution in [0.3, 0.4) is 0 Å². The van der Waals surface area contributed by atoms with Gasteiger partial charge in [0.2, 0.25) is 0 Å². The Balaban J connectivity index is 1.80. The van der Waals surface area contributed by atoms with E-state index in [9.17, 15) is 0 Å². The molecule has 23 heavy (non-hydrogen) atoms. The van der Waals surface area contributed by atoms with Gasteiger partial charge in [-0.3, -0.25) is 0 Å². The minimum Gasteiger partial charge on any atom is -0.305 e. The molecule has 0 fully saturated rings. The number of aromatic nitrogens is 3. The first-order valence-corrected chi connectivity index (χ1v) is 9.30. The fourth-order valence-corrected chi connectivity index (χ4v) is 3.70. The zero-order valence-corrected chi connectivity index (χ0v) is 16.0. The SMILES string of the molecule is Cn1c(SCc2cccc(Br)c2)nnc1-c1ccc(Cl)c(Cl)c1. The lowest BCUT2D eigenvalue weighted by atomic mass is 10.2. The molecule has 1 heterocycles. The lowest BCUT2D eigenvalue weighted by Crippen LogP contribution is -1.95. The summed E-state index contributed by atoms with van der Waals surface area (Å²) >= 11 is 17.2. The van der Waals surface area contributed by atoms with Crippen LogP contribution in [0, 0.1) is 0 Å². The largest absolute Gasteiger partial charge is 0.305 e. The molecule has 0 saturated heterocycles. The number of rotatable bonds is 4. The van der Waals surface area contributed by atoms with Crippen molar-refractivity contribution < 1.29 is 0 Å². The van der Waals surface area contributed by atoms with Crippen molar-refractivity contribution in [2.45, 2.75) is 10.9 Å². The van der Waals surface area contributed by atoms with Gasteiger partial charge in [0.25, 0.3) is 0 Å². The Labute approximate surface area is 157 Å². The summed E-state index contributed by atoms with van der Waals surface area (Å²) in [4.78, 5) is 0. The Morgan fingerprint density at radius 1 is 1.09 bits per heavy atom. The molecule has 0 atom stereocenters. The highest BCUT2D eigenvalue weighted by molar-refractivity contribution is 9.10. The van der Waals surface area contributed by atoms with Crippen molar-refractivity contribution in [2.75, 3.05) is 0 Å². The average Bonchev–Trinajstić information content (AvgIpc) is 2.89. The monoisotopic (exact) mass is 427 g/mol. The van der Waals surface area contributed by atoms with E-state index in [1.54, 1.807) is 23.9 Å². The van der Waals surface area contributed by atoms with Crippen LogP contribution in [0.15, 0.2) is 52.1 Å². The third-order valence-electron chi connectivity index (χ3n) is 3.27. The molecule has 0 aliphatic rings. The number of thioether (sulfide) groups is 1. The first kappa shape index (κ1) is 16.8. The van der Waals surface area contributed by atoms with E-state index in [1.807, 2.05) is 29.8 Å². The van der Waals surface area contributed by atoms with Gasteiger partial charge in [-0.2, -0.15) is 0 Å². The Kier molecular flexibility index (Phi) is 5.31. The first-order chi connectivity index (χ1) is 11.0. The molecule has 7 heteroatoms. The number of benzene rings is 2. The molecule has 3 nitrogen and oxygen atoms in total. The van der Waals surface area contributed by atoms with Gasteiger partial charge in [-0.05, 0) is 35.9 Å². The number of hydrogen-bond acceptors (Lipinski definition) is 3. The number of hydrogen-bond donors (Lipinski definition) is 0. The summed E-state index contributed by atoms with van der Waals surface area (Å²) in [5, 5.41) is 10.4. The highest BCUT2D eigenvalue weighted by Gasteiger charge is 2.12. The summed E-state index contributed by atoms with van der Waals surface area (Å²) in [6, 6.07) is 13.7. The lowest BCUT2D eigenvalue weighted by Gasteiger charge is -2.05. The van der Waals surface area contributed by atoms with Crippen molar-refractivity contribution in [1.82, 2.24) is 14.8 Å². The zero-order chi connectivity index (χ0) is 16.4. The molecule has 0 amide bonds. The van der Waals surface area contributed by atoms with Crippen molar-refractivity contribution in [3.8, 4) is 11.4 Å². The van der Waals surface area contributed by atoms with Crippen molar-refractivity contribution in [1.29, 1.82) is 0 Å². The Morgan fingerprint density at radius 3 is 2.65 bits per heavy atom. The molecule has 1 aromatic heterocycles. The van der Waals surface area contributed by atoms with Gasteiger partial charge in [-0.1, -0.05) is 63.0 Å². The van der Waals surface area contributed by atoms with Gasteiger partial charge in [0.05, 0.1) is 10.0 Å². The summed E-state index contributed by atoms with van der Waals surface area (Å²) in [6.07, 6.45) is 0. The van der Waals surface area contributed by atoms with E-state index in [0.29, 0.717) is 10.0 Å². The van der Waals surface area contributed by atoms with E-state index < -0.39 is 0 Å². The second-order valence-corrected chi connectivity index (χ2v) is 7.59. The van der Waals surface area contributed by atoms with E-state index in [0.717, 1.165) is 26.8 Å². The predicted octanol–water partition coefficient (Wildman–Crippen LogP) is 5.84. The summed E-state index contributed by atoms with van der Waals surface area (Å²) in [5.41, 5.74) is 2.12. The zero-order valence-electron chi connectivity index (χ0n) is 12.1. The van der Waals surface area contributed by atoms with Gasteiger partial charge in [-0.15, -0.1) is 10.2 Å². The Hall–Kier alpha value is -1.01. The molecule has 0 N–H and O–H groups in total. The standard InChI is InChI=1S/C16H12BrCl2N3S/c1-22-15(11-5-6-13(18)14(19)8-11)20-21-16(22)23-9-10-3-2-4-12(17)7-10/h2-8H,9H2,1H3. The van der Waals surface area contributed by atoms with Crippen LogP contribution in [0.25, 0.3) is 11.4 Å². The summed E-state index contributed by atoms with van der Waals surface area (Å²) in [6.45, 7) is 0. The Morgan fingerprint density at radius 2 is 1.91 bits per heavy atom. The van der Waals surface area contributed by atoms with E-state index >= 15 is 0 Å². The minimum atomic E-state index is 0.510. The van der Waals surface area contributed by atoms with Crippen LogP contribution in [0.1, 0.15) is 5.56 Å². The number of halogens is 3. The molecule has 3 aromatic rings. The van der Waals surface area contributed by atoms with E-state index in [4.69, 9.17) is 23.2 Å². The van der Waals surface area contributed by atoms with Gasteiger partial charge < -0.3 is 4.57 Å². The molecule has 0 unspecified atom stereocenters. The summed E-state index contributed by atoms with van der Waals surface area (Å²) < 4.78 is 3.03. The lowest BCUT2D eigenvalue weighted by molar-refractivity contribution is 0.794. The van der Waals surface area contributed by atoms with Crippen molar-refractivity contribution in [2.24, 2.45) is 7.05 Å². The van der Waals surface area contributed by atoms with Crippen molar-refractivity contribution >= 4 is 50.9 Å². The topological polar surface area (TPSA) is 30.7 Å². The summed E-state index contributed by atoms with van der Waals surface area (Å²) in [7, 11) is 1.95. The van der Waals surface area contributed by atoms with Gasteiger partial charge >= 0.3 is 0 Å². The molecule has 0 bridgehead atoms. The van der Waals surface area contributed by atoms with Crippen molar-refractivity contribution in [3.05, 3.63) is 62.5 Å². The molecular weight excluding hydrogens is 417 g/mol. The predicted molar refractivity (Wildman–Crippen MR) is 100 cm³/mol. The molecule has 2 aromatic carbocycles. The molecular formula is C16H12BrCl2N3S. The highest BCUT2D eigenvalue weighted by atomic mass is 79.9. The molecule has 0 aliphatic carbocycles. The second kappa shape index (κ2) is 7.26. The van der Waals surface area contributed by atoms with Crippen LogP contribution < -0.4 is 0 Å². The minimum absolute atomic E-state index is 0.510. The molecule has 0 radical (unpaired) electrons. The van der Waals surface area contributed by atoms with Gasteiger partial charge in [-0.25, -0.2) is 0 Å². The third-order valence-corrected chi connectivity index (χ3v) is 5.59. The van der Waals surface area contributed by atoms with E-state index in [-0.39, 0.29) is 0 Å². The van der Waals surface area contributed by atoms with Crippen LogP contribution >= 0.6 is 50.9 Å².